The molecule has 168 valence electrons. The van der Waals surface area contributed by atoms with Gasteiger partial charge in [-0.15, -0.1) is 0 Å². The maximum absolute atomic E-state index is 12.0. The van der Waals surface area contributed by atoms with Gasteiger partial charge in [-0.25, -0.2) is 18.4 Å². The summed E-state index contributed by atoms with van der Waals surface area (Å²) >= 11 is 0. The number of nitrogens with two attached hydrogens (primary N) is 1. The maximum Gasteiger partial charge on any atom is 0.271 e. The smallest absolute Gasteiger partial charge is 0.271 e. The van der Waals surface area contributed by atoms with Crippen molar-refractivity contribution in [2.75, 3.05) is 50.2 Å². The third-order valence-corrected chi connectivity index (χ3v) is 6.01. The number of carbonyl (C=O) groups excluding carboxylic acids is 1. The van der Waals surface area contributed by atoms with Crippen LogP contribution in [-0.4, -0.2) is 74.8 Å². The molecule has 1 amide bonds. The second-order valence-electron chi connectivity index (χ2n) is 7.49. The molecule has 1 saturated heterocycles. The maximum atomic E-state index is 12.0. The van der Waals surface area contributed by atoms with Crippen LogP contribution in [0.4, 0.5) is 17.3 Å². The summed E-state index contributed by atoms with van der Waals surface area (Å²) in [5.74, 6) is -0.0571. The highest BCUT2D eigenvalue weighted by molar-refractivity contribution is 7.90. The van der Waals surface area contributed by atoms with Gasteiger partial charge in [0.25, 0.3) is 5.91 Å². The first kappa shape index (κ1) is 22.9. The highest BCUT2D eigenvalue weighted by Gasteiger charge is 2.21. The minimum atomic E-state index is -3.39. The van der Waals surface area contributed by atoms with Crippen LogP contribution in [0.3, 0.4) is 0 Å². The molecule has 1 aromatic heterocycles. The molecule has 0 radical (unpaired) electrons. The third kappa shape index (κ3) is 5.90. The van der Waals surface area contributed by atoms with E-state index in [9.17, 15) is 13.2 Å². The molecule has 3 rings (SSSR count). The van der Waals surface area contributed by atoms with Crippen LogP contribution in [-0.2, 0) is 21.0 Å². The van der Waals surface area contributed by atoms with Crippen molar-refractivity contribution in [2.24, 2.45) is 5.73 Å². The van der Waals surface area contributed by atoms with Gasteiger partial charge in [-0.3, -0.25) is 4.79 Å². The lowest BCUT2D eigenvalue weighted by Crippen LogP contribution is -2.43. The van der Waals surface area contributed by atoms with Gasteiger partial charge in [-0.2, -0.15) is 0 Å². The van der Waals surface area contributed by atoms with Crippen LogP contribution in [0.15, 0.2) is 29.2 Å². The fourth-order valence-electron chi connectivity index (χ4n) is 3.26. The summed E-state index contributed by atoms with van der Waals surface area (Å²) in [7, 11) is -1.34. The molecule has 2 heterocycles. The standard InChI is InChI=1S/C20H28N6O4S/c1-4-16-19(22-11-14-12-26(2)8-9-30-14)25-20(17(24-16)18(21)27)23-13-6-5-7-15(10-13)31(3,28)29/h5-7,10,14H,4,8-9,11-12H2,1-3H3,(H2,21,27)(H2,22,23,25). The number of amides is 1. The van der Waals surface area contributed by atoms with Crippen LogP contribution in [0, 0.1) is 0 Å². The predicted octanol–water partition coefficient (Wildman–Crippen LogP) is 1.03. The van der Waals surface area contributed by atoms with Crippen LogP contribution in [0.2, 0.25) is 0 Å². The van der Waals surface area contributed by atoms with Crippen molar-refractivity contribution < 1.29 is 17.9 Å². The topological polar surface area (TPSA) is 140 Å². The molecule has 1 atom stereocenters. The van der Waals surface area contributed by atoms with Gasteiger partial charge in [-0.05, 0) is 31.7 Å². The first-order chi connectivity index (χ1) is 14.7. The molecular formula is C20H28N6O4S. The van der Waals surface area contributed by atoms with Crippen LogP contribution in [0.25, 0.3) is 0 Å². The number of anilines is 3. The lowest BCUT2D eigenvalue weighted by Gasteiger charge is -2.30. The Morgan fingerprint density at radius 1 is 1.32 bits per heavy atom. The number of hydrogen-bond donors (Lipinski definition) is 3. The number of carbonyl (C=O) groups is 1. The van der Waals surface area contributed by atoms with Gasteiger partial charge in [0.2, 0.25) is 0 Å². The molecular weight excluding hydrogens is 420 g/mol. The van der Waals surface area contributed by atoms with Crippen molar-refractivity contribution in [3.05, 3.63) is 35.7 Å². The second-order valence-corrected chi connectivity index (χ2v) is 9.51. The van der Waals surface area contributed by atoms with E-state index in [1.807, 2.05) is 14.0 Å². The summed E-state index contributed by atoms with van der Waals surface area (Å²) < 4.78 is 29.5. The Bertz CT molecular complexity index is 1060. The molecule has 0 spiro atoms. The van der Waals surface area contributed by atoms with Crippen LogP contribution >= 0.6 is 0 Å². The average Bonchev–Trinajstić information content (AvgIpc) is 2.71. The van der Waals surface area contributed by atoms with E-state index in [0.29, 0.717) is 36.8 Å². The molecule has 0 aliphatic carbocycles. The minimum absolute atomic E-state index is 0.00363. The van der Waals surface area contributed by atoms with Crippen molar-refractivity contribution in [3.8, 4) is 0 Å². The fourth-order valence-corrected chi connectivity index (χ4v) is 3.93. The van der Waals surface area contributed by atoms with Crippen molar-refractivity contribution in [2.45, 2.75) is 24.3 Å². The zero-order valence-corrected chi connectivity index (χ0v) is 18.7. The normalized spacial score (nSPS) is 17.3. The number of morpholine rings is 1. The highest BCUT2D eigenvalue weighted by Crippen LogP contribution is 2.24. The fraction of sp³-hybridized carbons (Fsp3) is 0.450. The summed E-state index contributed by atoms with van der Waals surface area (Å²) in [6.07, 6.45) is 1.68. The van der Waals surface area contributed by atoms with Crippen LogP contribution in [0.5, 0.6) is 0 Å². The second kappa shape index (κ2) is 9.58. The SMILES string of the molecule is CCc1nc(C(N)=O)c(Nc2cccc(S(C)(=O)=O)c2)nc1NCC1CN(C)CCO1. The summed E-state index contributed by atoms with van der Waals surface area (Å²) in [5, 5.41) is 6.25. The Kier molecular flexibility index (Phi) is 7.08. The molecule has 1 unspecified atom stereocenters. The van der Waals surface area contributed by atoms with Crippen LogP contribution < -0.4 is 16.4 Å². The molecule has 0 saturated carbocycles. The molecule has 10 nitrogen and oxygen atoms in total. The zero-order chi connectivity index (χ0) is 22.6. The molecule has 4 N–H and O–H groups in total. The minimum Gasteiger partial charge on any atom is -0.374 e. The van der Waals surface area contributed by atoms with Crippen molar-refractivity contribution in [3.63, 3.8) is 0 Å². The van der Waals surface area contributed by atoms with Gasteiger partial charge in [0.1, 0.15) is 5.82 Å². The Morgan fingerprint density at radius 2 is 2.10 bits per heavy atom. The first-order valence-electron chi connectivity index (χ1n) is 9.99. The van der Waals surface area contributed by atoms with Gasteiger partial charge >= 0.3 is 0 Å². The number of likely N-dealkylation sites (N-methyl/N-ethyl adjacent to an activating group) is 1. The molecule has 1 aromatic carbocycles. The van der Waals surface area contributed by atoms with E-state index < -0.39 is 15.7 Å². The molecule has 1 fully saturated rings. The lowest BCUT2D eigenvalue weighted by atomic mass is 10.2. The summed E-state index contributed by atoms with van der Waals surface area (Å²) in [4.78, 5) is 23.3. The van der Waals surface area contributed by atoms with Gasteiger partial charge in [0.15, 0.2) is 21.3 Å². The van der Waals surface area contributed by atoms with Crippen molar-refractivity contribution in [1.29, 1.82) is 0 Å². The Morgan fingerprint density at radius 3 is 2.74 bits per heavy atom. The van der Waals surface area contributed by atoms with E-state index in [2.05, 4.69) is 25.5 Å². The quantitative estimate of drug-likeness (QED) is 0.540. The molecule has 31 heavy (non-hydrogen) atoms. The van der Waals surface area contributed by atoms with E-state index in [0.717, 1.165) is 19.3 Å². The molecule has 1 aliphatic rings. The van der Waals surface area contributed by atoms with E-state index >= 15 is 0 Å². The average molecular weight is 449 g/mol. The van der Waals surface area contributed by atoms with E-state index in [1.54, 1.807) is 12.1 Å². The Hall–Kier alpha value is -2.76. The number of rotatable bonds is 8. The number of sulfone groups is 1. The number of ether oxygens (including phenoxy) is 1. The van der Waals surface area contributed by atoms with Gasteiger partial charge in [0, 0.05) is 31.6 Å². The monoisotopic (exact) mass is 448 g/mol. The zero-order valence-electron chi connectivity index (χ0n) is 17.9. The molecule has 1 aliphatic heterocycles. The molecule has 11 heteroatoms. The number of nitrogens with zero attached hydrogens (tertiary/aromatic N) is 3. The predicted molar refractivity (Wildman–Crippen MR) is 118 cm³/mol. The Balaban J connectivity index is 1.89. The number of primary amides is 1. The highest BCUT2D eigenvalue weighted by atomic mass is 32.2. The number of aromatic nitrogens is 2. The molecule has 2 aromatic rings. The molecule has 0 bridgehead atoms. The number of aryl methyl sites for hydroxylation is 1. The van der Waals surface area contributed by atoms with Gasteiger partial charge in [-0.1, -0.05) is 13.0 Å². The van der Waals surface area contributed by atoms with Gasteiger partial charge < -0.3 is 26.0 Å². The van der Waals surface area contributed by atoms with Crippen molar-refractivity contribution >= 4 is 33.1 Å². The Labute approximate surface area is 182 Å². The largest absolute Gasteiger partial charge is 0.374 e. The number of benzene rings is 1. The summed E-state index contributed by atoms with van der Waals surface area (Å²) in [6.45, 7) is 4.80. The van der Waals surface area contributed by atoms with E-state index in [-0.39, 0.29) is 22.5 Å². The summed E-state index contributed by atoms with van der Waals surface area (Å²) in [5.41, 5.74) is 6.57. The summed E-state index contributed by atoms with van der Waals surface area (Å²) in [6, 6.07) is 6.24. The van der Waals surface area contributed by atoms with E-state index in [4.69, 9.17) is 10.5 Å². The third-order valence-electron chi connectivity index (χ3n) is 4.90. The first-order valence-corrected chi connectivity index (χ1v) is 11.9. The van der Waals surface area contributed by atoms with E-state index in [1.165, 1.54) is 12.1 Å². The van der Waals surface area contributed by atoms with Crippen molar-refractivity contribution in [1.82, 2.24) is 14.9 Å². The number of nitrogens with one attached hydrogen (secondary N) is 2. The number of hydrogen-bond acceptors (Lipinski definition) is 9. The van der Waals surface area contributed by atoms with Crippen LogP contribution in [0.1, 0.15) is 23.1 Å². The lowest BCUT2D eigenvalue weighted by molar-refractivity contribution is -0.0117. The van der Waals surface area contributed by atoms with Gasteiger partial charge in [0.05, 0.1) is 23.3 Å².